The van der Waals surface area contributed by atoms with Crippen molar-refractivity contribution < 1.29 is 9.18 Å². The summed E-state index contributed by atoms with van der Waals surface area (Å²) >= 11 is 1.21. The largest absolute Gasteiger partial charge is 0.343 e. The Balaban J connectivity index is 2.07. The summed E-state index contributed by atoms with van der Waals surface area (Å²) in [6.07, 6.45) is 0. The van der Waals surface area contributed by atoms with E-state index in [9.17, 15) is 14.0 Å². The van der Waals surface area contributed by atoms with Crippen LogP contribution in [0.5, 0.6) is 0 Å². The highest BCUT2D eigenvalue weighted by atomic mass is 32.2. The number of carbonyl (C=O) groups is 1. The number of hydrogen-bond acceptors (Lipinski definition) is 4. The molecule has 0 saturated carbocycles. The maximum Gasteiger partial charge on any atom is 0.266 e. The van der Waals surface area contributed by atoms with Gasteiger partial charge in [0.05, 0.1) is 22.3 Å². The van der Waals surface area contributed by atoms with Gasteiger partial charge in [0.2, 0.25) is 5.91 Å². The zero-order valence-electron chi connectivity index (χ0n) is 15.2. The molecule has 1 heterocycles. The highest BCUT2D eigenvalue weighted by Crippen LogP contribution is 2.22. The summed E-state index contributed by atoms with van der Waals surface area (Å²) in [5.41, 5.74) is 0.834. The highest BCUT2D eigenvalue weighted by Gasteiger charge is 2.16. The van der Waals surface area contributed by atoms with Crippen LogP contribution in [0.25, 0.3) is 16.6 Å². The van der Waals surface area contributed by atoms with Crippen LogP contribution >= 0.6 is 11.8 Å². The Labute approximate surface area is 160 Å². The molecule has 5 nitrogen and oxygen atoms in total. The minimum Gasteiger partial charge on any atom is -0.343 e. The van der Waals surface area contributed by atoms with E-state index in [1.165, 1.54) is 40.6 Å². The van der Waals surface area contributed by atoms with Gasteiger partial charge in [-0.15, -0.1) is 0 Å². The van der Waals surface area contributed by atoms with Gasteiger partial charge >= 0.3 is 0 Å². The molecular formula is C20H20FN3O2S. The Kier molecular flexibility index (Phi) is 5.91. The number of aromatic nitrogens is 2. The van der Waals surface area contributed by atoms with Crippen molar-refractivity contribution in [3.63, 3.8) is 0 Å². The van der Waals surface area contributed by atoms with Crippen LogP contribution in [-0.4, -0.2) is 39.2 Å². The van der Waals surface area contributed by atoms with E-state index in [0.717, 1.165) is 0 Å². The van der Waals surface area contributed by atoms with E-state index in [-0.39, 0.29) is 23.0 Å². The summed E-state index contributed by atoms with van der Waals surface area (Å²) in [7, 11) is 0. The number of para-hydroxylation sites is 1. The maximum absolute atomic E-state index is 13.3. The number of rotatable bonds is 6. The minimum atomic E-state index is -0.383. The molecule has 1 amide bonds. The Bertz CT molecular complexity index is 1010. The first kappa shape index (κ1) is 19.1. The quantitative estimate of drug-likeness (QED) is 0.482. The lowest BCUT2D eigenvalue weighted by Crippen LogP contribution is -2.32. The summed E-state index contributed by atoms with van der Waals surface area (Å²) in [6, 6.07) is 12.7. The van der Waals surface area contributed by atoms with Crippen molar-refractivity contribution in [2.75, 3.05) is 18.8 Å². The van der Waals surface area contributed by atoms with Crippen LogP contribution in [0, 0.1) is 5.82 Å². The van der Waals surface area contributed by atoms with Gasteiger partial charge in [0, 0.05) is 13.1 Å². The molecule has 7 heteroatoms. The van der Waals surface area contributed by atoms with Gasteiger partial charge in [-0.25, -0.2) is 9.37 Å². The van der Waals surface area contributed by atoms with Crippen molar-refractivity contribution in [3.8, 4) is 5.69 Å². The number of amides is 1. The molecule has 0 saturated heterocycles. The average Bonchev–Trinajstić information content (AvgIpc) is 2.68. The lowest BCUT2D eigenvalue weighted by Gasteiger charge is -2.19. The number of hydrogen-bond donors (Lipinski definition) is 0. The van der Waals surface area contributed by atoms with Crippen LogP contribution in [0.1, 0.15) is 13.8 Å². The summed E-state index contributed by atoms with van der Waals surface area (Å²) in [5.74, 6) is -0.224. The van der Waals surface area contributed by atoms with Crippen LogP contribution < -0.4 is 5.56 Å². The molecule has 1 aromatic heterocycles. The van der Waals surface area contributed by atoms with Gasteiger partial charge < -0.3 is 4.90 Å². The SMILES string of the molecule is CCN(CC)C(=O)CSc1nc2ccccc2c(=O)n1-c1ccc(F)cc1. The second kappa shape index (κ2) is 8.35. The van der Waals surface area contributed by atoms with E-state index in [4.69, 9.17) is 0 Å². The molecule has 0 N–H and O–H groups in total. The zero-order valence-corrected chi connectivity index (χ0v) is 16.0. The lowest BCUT2D eigenvalue weighted by molar-refractivity contribution is -0.127. The van der Waals surface area contributed by atoms with E-state index in [0.29, 0.717) is 34.8 Å². The van der Waals surface area contributed by atoms with E-state index >= 15 is 0 Å². The van der Waals surface area contributed by atoms with Gasteiger partial charge in [0.1, 0.15) is 5.82 Å². The Morgan fingerprint density at radius 2 is 1.78 bits per heavy atom. The first-order chi connectivity index (χ1) is 13.0. The fourth-order valence-electron chi connectivity index (χ4n) is 2.82. The topological polar surface area (TPSA) is 55.2 Å². The first-order valence-electron chi connectivity index (χ1n) is 8.73. The average molecular weight is 385 g/mol. The van der Waals surface area contributed by atoms with Gasteiger partial charge in [0.25, 0.3) is 5.56 Å². The fraction of sp³-hybridized carbons (Fsp3) is 0.250. The van der Waals surface area contributed by atoms with Gasteiger partial charge in [-0.1, -0.05) is 23.9 Å². The van der Waals surface area contributed by atoms with Crippen LogP contribution in [0.4, 0.5) is 4.39 Å². The summed E-state index contributed by atoms with van der Waals surface area (Å²) < 4.78 is 14.8. The molecule has 0 unspecified atom stereocenters. The molecule has 0 aliphatic carbocycles. The maximum atomic E-state index is 13.3. The molecule has 0 bridgehead atoms. The monoisotopic (exact) mass is 385 g/mol. The van der Waals surface area contributed by atoms with Crippen molar-refractivity contribution in [3.05, 3.63) is 64.7 Å². The molecule has 3 rings (SSSR count). The predicted octanol–water partition coefficient (Wildman–Crippen LogP) is 3.49. The second-order valence-corrected chi connectivity index (χ2v) is 6.83. The second-order valence-electron chi connectivity index (χ2n) is 5.88. The van der Waals surface area contributed by atoms with E-state index in [1.807, 2.05) is 19.9 Å². The number of carbonyl (C=O) groups excluding carboxylic acids is 1. The van der Waals surface area contributed by atoms with Crippen molar-refractivity contribution in [1.29, 1.82) is 0 Å². The van der Waals surface area contributed by atoms with Crippen LogP contribution in [-0.2, 0) is 4.79 Å². The van der Waals surface area contributed by atoms with E-state index in [1.54, 1.807) is 23.1 Å². The van der Waals surface area contributed by atoms with Gasteiger partial charge in [-0.3, -0.25) is 14.2 Å². The van der Waals surface area contributed by atoms with Gasteiger partial charge in [0.15, 0.2) is 5.16 Å². The lowest BCUT2D eigenvalue weighted by atomic mass is 10.2. The van der Waals surface area contributed by atoms with Crippen molar-refractivity contribution in [2.45, 2.75) is 19.0 Å². The van der Waals surface area contributed by atoms with E-state index in [2.05, 4.69) is 4.98 Å². The summed E-state index contributed by atoms with van der Waals surface area (Å²) in [4.78, 5) is 31.7. The minimum absolute atomic E-state index is 0.0157. The van der Waals surface area contributed by atoms with Crippen molar-refractivity contribution in [1.82, 2.24) is 14.5 Å². The smallest absolute Gasteiger partial charge is 0.266 e. The molecule has 0 spiro atoms. The molecular weight excluding hydrogens is 365 g/mol. The Morgan fingerprint density at radius 1 is 1.11 bits per heavy atom. The molecule has 0 aliphatic rings. The van der Waals surface area contributed by atoms with Crippen LogP contribution in [0.2, 0.25) is 0 Å². The molecule has 2 aromatic carbocycles. The molecule has 27 heavy (non-hydrogen) atoms. The van der Waals surface area contributed by atoms with Crippen LogP contribution in [0.3, 0.4) is 0 Å². The standard InChI is InChI=1S/C20H20FN3O2S/c1-3-23(4-2)18(25)13-27-20-22-17-8-6-5-7-16(17)19(26)24(20)15-11-9-14(21)10-12-15/h5-12H,3-4,13H2,1-2H3. The molecule has 0 atom stereocenters. The molecule has 0 radical (unpaired) electrons. The number of fused-ring (bicyclic) bond motifs is 1. The molecule has 0 aliphatic heterocycles. The van der Waals surface area contributed by atoms with Gasteiger partial charge in [-0.05, 0) is 50.2 Å². The third-order valence-electron chi connectivity index (χ3n) is 4.27. The Morgan fingerprint density at radius 3 is 2.44 bits per heavy atom. The normalized spacial score (nSPS) is 10.9. The molecule has 140 valence electrons. The first-order valence-corrected chi connectivity index (χ1v) is 9.72. The van der Waals surface area contributed by atoms with Crippen molar-refractivity contribution in [2.24, 2.45) is 0 Å². The number of nitrogens with zero attached hydrogens (tertiary/aromatic N) is 3. The van der Waals surface area contributed by atoms with Crippen LogP contribution in [0.15, 0.2) is 58.5 Å². The van der Waals surface area contributed by atoms with Crippen molar-refractivity contribution >= 4 is 28.6 Å². The molecule has 3 aromatic rings. The number of thioether (sulfide) groups is 1. The third kappa shape index (κ3) is 4.03. The number of benzene rings is 2. The molecule has 0 fully saturated rings. The predicted molar refractivity (Wildman–Crippen MR) is 106 cm³/mol. The summed E-state index contributed by atoms with van der Waals surface area (Å²) in [6.45, 7) is 5.11. The Hall–Kier alpha value is -2.67. The number of halogens is 1. The zero-order chi connectivity index (χ0) is 19.4. The highest BCUT2D eigenvalue weighted by molar-refractivity contribution is 7.99. The van der Waals surface area contributed by atoms with E-state index < -0.39 is 0 Å². The summed E-state index contributed by atoms with van der Waals surface area (Å²) in [5, 5.41) is 0.882. The third-order valence-corrected chi connectivity index (χ3v) is 5.19. The fourth-order valence-corrected chi connectivity index (χ4v) is 3.74. The van der Waals surface area contributed by atoms with Gasteiger partial charge in [-0.2, -0.15) is 0 Å².